The van der Waals surface area contributed by atoms with Gasteiger partial charge in [0, 0.05) is 22.9 Å². The van der Waals surface area contributed by atoms with Crippen molar-refractivity contribution in [2.45, 2.75) is 17.7 Å². The predicted molar refractivity (Wildman–Crippen MR) is 85.5 cm³/mol. The molecule has 0 spiro atoms. The number of sulfonamides is 1. The largest absolute Gasteiger partial charge is 0.385 e. The highest BCUT2D eigenvalue weighted by atomic mass is 35.5. The van der Waals surface area contributed by atoms with Gasteiger partial charge in [0.05, 0.1) is 4.90 Å². The summed E-state index contributed by atoms with van der Waals surface area (Å²) in [7, 11) is -3.62. The zero-order valence-electron chi connectivity index (χ0n) is 11.3. The average molecular weight is 323 g/mol. The van der Waals surface area contributed by atoms with Crippen molar-refractivity contribution in [3.05, 3.63) is 53.1 Å². The molecule has 2 aromatic rings. The summed E-state index contributed by atoms with van der Waals surface area (Å²) in [5.41, 5.74) is 2.77. The van der Waals surface area contributed by atoms with Gasteiger partial charge in [-0.15, -0.1) is 0 Å². The van der Waals surface area contributed by atoms with Crippen molar-refractivity contribution in [3.8, 4) is 0 Å². The van der Waals surface area contributed by atoms with Crippen molar-refractivity contribution in [1.82, 2.24) is 0 Å². The van der Waals surface area contributed by atoms with Crippen LogP contribution in [0.2, 0.25) is 5.02 Å². The third-order valence-corrected chi connectivity index (χ3v) is 5.02. The van der Waals surface area contributed by atoms with E-state index in [-0.39, 0.29) is 4.90 Å². The molecule has 3 rings (SSSR count). The first kappa shape index (κ1) is 14.2. The lowest BCUT2D eigenvalue weighted by Crippen LogP contribution is -2.15. The van der Waals surface area contributed by atoms with Crippen LogP contribution in [0.1, 0.15) is 12.0 Å². The maximum atomic E-state index is 12.3. The second-order valence-corrected chi connectivity index (χ2v) is 7.08. The Morgan fingerprint density at radius 3 is 2.81 bits per heavy atom. The fourth-order valence-electron chi connectivity index (χ4n) is 2.39. The molecule has 6 heteroatoms. The second kappa shape index (κ2) is 5.58. The maximum absolute atomic E-state index is 12.3. The smallest absolute Gasteiger partial charge is 0.261 e. The summed E-state index contributed by atoms with van der Waals surface area (Å²) in [6, 6.07) is 11.8. The lowest BCUT2D eigenvalue weighted by molar-refractivity contribution is 0.601. The lowest BCUT2D eigenvalue weighted by atomic mass is 10.0. The van der Waals surface area contributed by atoms with Crippen LogP contribution in [-0.4, -0.2) is 15.0 Å². The summed E-state index contributed by atoms with van der Waals surface area (Å²) in [5, 5.41) is 3.69. The molecule has 1 aliphatic rings. The van der Waals surface area contributed by atoms with Gasteiger partial charge in [0.15, 0.2) is 0 Å². The summed E-state index contributed by atoms with van der Waals surface area (Å²) >= 11 is 5.85. The number of rotatable bonds is 3. The lowest BCUT2D eigenvalue weighted by Gasteiger charge is -2.19. The summed E-state index contributed by atoms with van der Waals surface area (Å²) in [5.74, 6) is 0. The number of hydrogen-bond acceptors (Lipinski definition) is 3. The highest BCUT2D eigenvalue weighted by molar-refractivity contribution is 7.92. The van der Waals surface area contributed by atoms with Gasteiger partial charge in [0.2, 0.25) is 0 Å². The van der Waals surface area contributed by atoms with Crippen molar-refractivity contribution in [1.29, 1.82) is 0 Å². The number of halogens is 1. The van der Waals surface area contributed by atoms with E-state index in [4.69, 9.17) is 11.6 Å². The van der Waals surface area contributed by atoms with Crippen molar-refractivity contribution < 1.29 is 8.42 Å². The van der Waals surface area contributed by atoms with Gasteiger partial charge in [-0.25, -0.2) is 8.42 Å². The summed E-state index contributed by atoms with van der Waals surface area (Å²) in [6.07, 6.45) is 2.01. The number of benzene rings is 2. The number of anilines is 2. The SMILES string of the molecule is O=S(=O)(Nc1ccc2c(c1)CCCN2)c1cccc(Cl)c1. The van der Waals surface area contributed by atoms with Crippen LogP contribution in [-0.2, 0) is 16.4 Å². The Kier molecular flexibility index (Phi) is 3.78. The molecule has 2 N–H and O–H groups in total. The monoisotopic (exact) mass is 322 g/mol. The number of fused-ring (bicyclic) bond motifs is 1. The van der Waals surface area contributed by atoms with Crippen molar-refractivity contribution in [2.24, 2.45) is 0 Å². The molecular formula is C15H15ClN2O2S. The molecule has 0 radical (unpaired) electrons. The molecule has 0 atom stereocenters. The van der Waals surface area contributed by atoms with Crippen LogP contribution in [0.3, 0.4) is 0 Å². The molecule has 0 amide bonds. The van der Waals surface area contributed by atoms with Gasteiger partial charge >= 0.3 is 0 Å². The molecule has 110 valence electrons. The van der Waals surface area contributed by atoms with E-state index >= 15 is 0 Å². The van der Waals surface area contributed by atoms with Crippen molar-refractivity contribution >= 4 is 33.0 Å². The molecular weight excluding hydrogens is 308 g/mol. The van der Waals surface area contributed by atoms with Crippen LogP contribution >= 0.6 is 11.6 Å². The Morgan fingerprint density at radius 1 is 1.14 bits per heavy atom. The molecule has 0 saturated carbocycles. The van der Waals surface area contributed by atoms with Crippen LogP contribution in [0, 0.1) is 0 Å². The van der Waals surface area contributed by atoms with E-state index in [0.717, 1.165) is 30.6 Å². The van der Waals surface area contributed by atoms with Gasteiger partial charge in [0.25, 0.3) is 10.0 Å². The van der Waals surface area contributed by atoms with Crippen molar-refractivity contribution in [2.75, 3.05) is 16.6 Å². The fraction of sp³-hybridized carbons (Fsp3) is 0.200. The van der Waals surface area contributed by atoms with Crippen molar-refractivity contribution in [3.63, 3.8) is 0 Å². The molecule has 1 aliphatic heterocycles. The van der Waals surface area contributed by atoms with Gasteiger partial charge in [-0.05, 0) is 54.8 Å². The molecule has 1 heterocycles. The van der Waals surface area contributed by atoms with Crippen LogP contribution in [0.25, 0.3) is 0 Å². The van der Waals surface area contributed by atoms with Crippen LogP contribution in [0.4, 0.5) is 11.4 Å². The molecule has 0 aromatic heterocycles. The minimum atomic E-state index is -3.62. The molecule has 21 heavy (non-hydrogen) atoms. The Balaban J connectivity index is 1.89. The zero-order chi connectivity index (χ0) is 14.9. The fourth-order valence-corrected chi connectivity index (χ4v) is 3.74. The highest BCUT2D eigenvalue weighted by Gasteiger charge is 2.16. The second-order valence-electron chi connectivity index (χ2n) is 4.97. The Labute approximate surface area is 129 Å². The third kappa shape index (κ3) is 3.14. The molecule has 0 aliphatic carbocycles. The molecule has 2 aromatic carbocycles. The normalized spacial score (nSPS) is 14.1. The van der Waals surface area contributed by atoms with E-state index in [1.165, 1.54) is 12.1 Å². The minimum Gasteiger partial charge on any atom is -0.385 e. The summed E-state index contributed by atoms with van der Waals surface area (Å²) in [6.45, 7) is 0.959. The highest BCUT2D eigenvalue weighted by Crippen LogP contribution is 2.26. The van der Waals surface area contributed by atoms with Crippen LogP contribution < -0.4 is 10.0 Å². The predicted octanol–water partition coefficient (Wildman–Crippen LogP) is 3.50. The molecule has 0 unspecified atom stereocenters. The quantitative estimate of drug-likeness (QED) is 0.909. The number of hydrogen-bond donors (Lipinski definition) is 2. The van der Waals surface area contributed by atoms with E-state index in [2.05, 4.69) is 10.0 Å². The molecule has 0 saturated heterocycles. The molecule has 0 bridgehead atoms. The zero-order valence-corrected chi connectivity index (χ0v) is 12.8. The van der Waals surface area contributed by atoms with E-state index in [1.807, 2.05) is 12.1 Å². The standard InChI is InChI=1S/C15H15ClN2O2S/c16-12-4-1-5-14(10-12)21(19,20)18-13-6-7-15-11(9-13)3-2-8-17-15/h1,4-7,9-10,17-18H,2-3,8H2. The number of aryl methyl sites for hydroxylation is 1. The average Bonchev–Trinajstić information content (AvgIpc) is 2.47. The van der Waals surface area contributed by atoms with Gasteiger partial charge in [-0.2, -0.15) is 0 Å². The number of nitrogens with one attached hydrogen (secondary N) is 2. The molecule has 0 fully saturated rings. The summed E-state index contributed by atoms with van der Waals surface area (Å²) in [4.78, 5) is 0.158. The van der Waals surface area contributed by atoms with Gasteiger partial charge < -0.3 is 5.32 Å². The van der Waals surface area contributed by atoms with Crippen LogP contribution in [0.5, 0.6) is 0 Å². The first-order valence-corrected chi connectivity index (χ1v) is 8.56. The Morgan fingerprint density at radius 2 is 2.00 bits per heavy atom. The summed E-state index contributed by atoms with van der Waals surface area (Å²) < 4.78 is 27.3. The van der Waals surface area contributed by atoms with E-state index in [1.54, 1.807) is 18.2 Å². The Hall–Kier alpha value is -1.72. The van der Waals surface area contributed by atoms with Crippen LogP contribution in [0.15, 0.2) is 47.4 Å². The van der Waals surface area contributed by atoms with E-state index < -0.39 is 10.0 Å². The maximum Gasteiger partial charge on any atom is 0.261 e. The Bertz CT molecular complexity index is 775. The van der Waals surface area contributed by atoms with E-state index in [9.17, 15) is 8.42 Å². The minimum absolute atomic E-state index is 0.158. The van der Waals surface area contributed by atoms with E-state index in [0.29, 0.717) is 10.7 Å². The molecule has 4 nitrogen and oxygen atoms in total. The first-order chi connectivity index (χ1) is 10.0. The van der Waals surface area contributed by atoms with Gasteiger partial charge in [-0.1, -0.05) is 17.7 Å². The third-order valence-electron chi connectivity index (χ3n) is 3.40. The first-order valence-electron chi connectivity index (χ1n) is 6.70. The topological polar surface area (TPSA) is 58.2 Å². The van der Waals surface area contributed by atoms with Gasteiger partial charge in [-0.3, -0.25) is 4.72 Å². The van der Waals surface area contributed by atoms with Gasteiger partial charge in [0.1, 0.15) is 0 Å².